The molecule has 2 N–H and O–H groups in total. The van der Waals surface area contributed by atoms with E-state index in [1.807, 2.05) is 24.3 Å². The molecule has 1 aliphatic heterocycles. The third-order valence-corrected chi connectivity index (χ3v) is 7.96. The second-order valence-electron chi connectivity index (χ2n) is 10.9. The lowest BCUT2D eigenvalue weighted by Crippen LogP contribution is -2.34. The number of urea groups is 1. The smallest absolute Gasteiger partial charge is 0.410 e. The molecule has 0 saturated carbocycles. The fourth-order valence-corrected chi connectivity index (χ4v) is 5.98. The molecule has 42 heavy (non-hydrogen) atoms. The summed E-state index contributed by atoms with van der Waals surface area (Å²) in [5, 5.41) is 7.27. The van der Waals surface area contributed by atoms with E-state index >= 15 is 0 Å². The van der Waals surface area contributed by atoms with Gasteiger partial charge in [0, 0.05) is 55.8 Å². The van der Waals surface area contributed by atoms with Gasteiger partial charge in [0.15, 0.2) is 0 Å². The van der Waals surface area contributed by atoms with Gasteiger partial charge in [-0.15, -0.1) is 11.3 Å². The van der Waals surface area contributed by atoms with Crippen LogP contribution in [0.1, 0.15) is 26.3 Å². The quantitative estimate of drug-likeness (QED) is 0.234. The molecule has 0 atom stereocenters. The summed E-state index contributed by atoms with van der Waals surface area (Å²) in [6.45, 7) is 7.90. The molecule has 1 aromatic carbocycles. The van der Waals surface area contributed by atoms with Crippen LogP contribution in [0.5, 0.6) is 0 Å². The molecule has 5 rings (SSSR count). The number of carbonyl (C=O) groups is 2. The lowest BCUT2D eigenvalue weighted by molar-refractivity contribution is 0.0285. The van der Waals surface area contributed by atoms with Crippen molar-refractivity contribution in [2.45, 2.75) is 32.9 Å². The first-order chi connectivity index (χ1) is 20.0. The van der Waals surface area contributed by atoms with Gasteiger partial charge in [0.2, 0.25) is 11.9 Å². The van der Waals surface area contributed by atoms with Crippen molar-refractivity contribution in [2.75, 3.05) is 38.5 Å². The van der Waals surface area contributed by atoms with Gasteiger partial charge in [0.05, 0.1) is 22.6 Å². The molecule has 3 aromatic heterocycles. The van der Waals surface area contributed by atoms with Gasteiger partial charge < -0.3 is 25.2 Å². The van der Waals surface area contributed by atoms with Crippen molar-refractivity contribution in [1.82, 2.24) is 30.1 Å². The number of nitrogens with one attached hydrogen (secondary N) is 2. The highest BCUT2D eigenvalue weighted by Crippen LogP contribution is 2.41. The van der Waals surface area contributed by atoms with E-state index in [0.717, 1.165) is 20.5 Å². The summed E-state index contributed by atoms with van der Waals surface area (Å²) in [5.74, 6) is -0.223. The number of thiophene rings is 1. The van der Waals surface area contributed by atoms with Crippen LogP contribution in [-0.4, -0.2) is 75.7 Å². The van der Waals surface area contributed by atoms with Crippen molar-refractivity contribution in [3.8, 4) is 21.7 Å². The summed E-state index contributed by atoms with van der Waals surface area (Å²) in [5.41, 5.74) is 2.01. The summed E-state index contributed by atoms with van der Waals surface area (Å²) in [6, 6.07) is 9.07. The van der Waals surface area contributed by atoms with Gasteiger partial charge >= 0.3 is 12.1 Å². The number of hydrogen-bond acceptors (Lipinski definition) is 8. The zero-order valence-electron chi connectivity index (χ0n) is 23.7. The van der Waals surface area contributed by atoms with Gasteiger partial charge in [0.1, 0.15) is 11.3 Å². The number of anilines is 1. The molecule has 4 aromatic rings. The highest BCUT2D eigenvalue weighted by atomic mass is 35.5. The number of carbonyl (C=O) groups excluding carboxylic acids is 2. The molecular weight excluding hydrogens is 581 g/mol. The summed E-state index contributed by atoms with van der Waals surface area (Å²) in [4.78, 5) is 41.2. The fraction of sp³-hybridized carbons (Fsp3) is 0.345. The van der Waals surface area contributed by atoms with Crippen LogP contribution in [0.4, 0.5) is 19.9 Å². The van der Waals surface area contributed by atoms with Crippen LogP contribution in [0, 0.1) is 5.95 Å². The van der Waals surface area contributed by atoms with E-state index in [1.54, 1.807) is 38.9 Å². The van der Waals surface area contributed by atoms with Gasteiger partial charge in [-0.3, -0.25) is 0 Å². The number of fused-ring (bicyclic) bond motifs is 1. The van der Waals surface area contributed by atoms with Gasteiger partial charge in [-0.25, -0.2) is 24.5 Å². The molecule has 0 aliphatic carbocycles. The minimum atomic E-state index is -0.643. The van der Waals surface area contributed by atoms with Crippen molar-refractivity contribution in [2.24, 2.45) is 0 Å². The summed E-state index contributed by atoms with van der Waals surface area (Å²) in [7, 11) is 1.63. The van der Waals surface area contributed by atoms with Crippen LogP contribution in [0.25, 0.3) is 31.8 Å². The maximum absolute atomic E-state index is 14.5. The molecule has 1 aliphatic rings. The average molecular weight is 612 g/mol. The van der Waals surface area contributed by atoms with E-state index in [4.69, 9.17) is 16.3 Å². The monoisotopic (exact) mass is 611 g/mol. The second kappa shape index (κ2) is 12.1. The van der Waals surface area contributed by atoms with Crippen molar-refractivity contribution >= 4 is 51.1 Å². The van der Waals surface area contributed by atoms with Gasteiger partial charge in [-0.2, -0.15) is 4.39 Å². The third kappa shape index (κ3) is 6.71. The van der Waals surface area contributed by atoms with Crippen molar-refractivity contribution < 1.29 is 18.7 Å². The molecule has 220 valence electrons. The molecule has 13 heteroatoms. The van der Waals surface area contributed by atoms with E-state index in [1.165, 1.54) is 28.5 Å². The van der Waals surface area contributed by atoms with Gasteiger partial charge in [-0.05, 0) is 43.4 Å². The molecule has 0 bridgehead atoms. The Hall–Kier alpha value is -4.03. The van der Waals surface area contributed by atoms with Crippen LogP contribution < -0.4 is 10.6 Å². The van der Waals surface area contributed by atoms with Crippen LogP contribution in [0.3, 0.4) is 0 Å². The Morgan fingerprint density at radius 2 is 2.05 bits per heavy atom. The lowest BCUT2D eigenvalue weighted by Gasteiger charge is -2.25. The first kappa shape index (κ1) is 29.5. The molecule has 0 unspecified atom stereocenters. The third-order valence-electron chi connectivity index (χ3n) is 6.49. The number of rotatable bonds is 8. The maximum atomic E-state index is 14.5. The van der Waals surface area contributed by atoms with E-state index in [9.17, 15) is 14.0 Å². The number of benzene rings is 1. The molecule has 3 amide bonds. The molecule has 4 heterocycles. The topological polar surface area (TPSA) is 113 Å². The highest BCUT2D eigenvalue weighted by molar-refractivity contribution is 7.22. The summed E-state index contributed by atoms with van der Waals surface area (Å²) in [6.07, 6.45) is 2.51. The Bertz CT molecular complexity index is 1640. The minimum absolute atomic E-state index is 0.0793. The van der Waals surface area contributed by atoms with E-state index in [0.29, 0.717) is 54.0 Å². The molecule has 10 nitrogen and oxygen atoms in total. The Labute approximate surface area is 251 Å². The maximum Gasteiger partial charge on any atom is 0.410 e. The van der Waals surface area contributed by atoms with Gasteiger partial charge in [0.25, 0.3) is 0 Å². The first-order valence-electron chi connectivity index (χ1n) is 13.4. The Morgan fingerprint density at radius 3 is 2.79 bits per heavy atom. The number of halogens is 2. The highest BCUT2D eigenvalue weighted by Gasteiger charge is 2.22. The van der Waals surface area contributed by atoms with Crippen LogP contribution in [0.15, 0.2) is 42.7 Å². The zero-order chi connectivity index (χ0) is 30.0. The molecule has 0 spiro atoms. The number of pyridine rings is 1. The number of amides is 3. The predicted octanol–water partition coefficient (Wildman–Crippen LogP) is 6.02. The van der Waals surface area contributed by atoms with Gasteiger partial charge in [-0.1, -0.05) is 29.8 Å². The standard InChI is InChI=1S/C29H31ClFN7O3S/c1-29(2,3)41-28(40)37(4)16-18-14-34-23(31)13-20(18)19-7-5-6-17-12-22(42-25(17)19)24-21(30)15-35-26(36-24)32-8-10-38-11-9-33-27(38)39/h5-7,12-15H,8-11,16H2,1-4H3,(H,33,39)(H,32,35,36). The summed E-state index contributed by atoms with van der Waals surface area (Å²) >= 11 is 8.01. The van der Waals surface area contributed by atoms with Crippen LogP contribution in [0.2, 0.25) is 5.02 Å². The predicted molar refractivity (Wildman–Crippen MR) is 162 cm³/mol. The number of aromatic nitrogens is 3. The molecule has 0 radical (unpaired) electrons. The van der Waals surface area contributed by atoms with Crippen molar-refractivity contribution in [3.05, 3.63) is 59.3 Å². The first-order valence-corrected chi connectivity index (χ1v) is 14.6. The Balaban J connectivity index is 1.43. The van der Waals surface area contributed by atoms with Crippen molar-refractivity contribution in [3.63, 3.8) is 0 Å². The Morgan fingerprint density at radius 1 is 1.24 bits per heavy atom. The summed E-state index contributed by atoms with van der Waals surface area (Å²) < 4.78 is 20.9. The number of ether oxygens (including phenoxy) is 1. The molecular formula is C29H31ClFN7O3S. The zero-order valence-corrected chi connectivity index (χ0v) is 25.3. The normalized spacial score (nSPS) is 13.4. The minimum Gasteiger partial charge on any atom is -0.444 e. The number of hydrogen-bond donors (Lipinski definition) is 2. The van der Waals surface area contributed by atoms with E-state index in [2.05, 4.69) is 25.6 Å². The molecule has 1 fully saturated rings. The molecule has 1 saturated heterocycles. The lowest BCUT2D eigenvalue weighted by atomic mass is 10.00. The number of nitrogens with zero attached hydrogens (tertiary/aromatic N) is 5. The second-order valence-corrected chi connectivity index (χ2v) is 12.3. The van der Waals surface area contributed by atoms with E-state index in [-0.39, 0.29) is 12.6 Å². The SMILES string of the molecule is CN(Cc1cnc(F)cc1-c1cccc2cc(-c3nc(NCCN4CCNC4=O)ncc3Cl)sc12)C(=O)OC(C)(C)C. The van der Waals surface area contributed by atoms with E-state index < -0.39 is 17.6 Å². The van der Waals surface area contributed by atoms with Crippen molar-refractivity contribution in [1.29, 1.82) is 0 Å². The van der Waals surface area contributed by atoms with Crippen LogP contribution >= 0.6 is 22.9 Å². The largest absolute Gasteiger partial charge is 0.444 e. The average Bonchev–Trinajstić information content (AvgIpc) is 3.55. The Kier molecular flexibility index (Phi) is 8.46. The van der Waals surface area contributed by atoms with Crippen LogP contribution in [-0.2, 0) is 11.3 Å². The fourth-order valence-electron chi connectivity index (χ4n) is 4.54.